The summed E-state index contributed by atoms with van der Waals surface area (Å²) in [6.07, 6.45) is 1.93. The van der Waals surface area contributed by atoms with Crippen LogP contribution in [0.2, 0.25) is 0 Å². The second-order valence-electron chi connectivity index (χ2n) is 3.34. The number of fused-ring (bicyclic) bond motifs is 1. The highest BCUT2D eigenvalue weighted by Crippen LogP contribution is 2.19. The van der Waals surface area contributed by atoms with Gasteiger partial charge in [0.2, 0.25) is 0 Å². The molecule has 2 rings (SSSR count). The lowest BCUT2D eigenvalue weighted by Gasteiger charge is -2.02. The van der Waals surface area contributed by atoms with Crippen molar-refractivity contribution in [2.75, 3.05) is 0 Å². The van der Waals surface area contributed by atoms with E-state index in [0.717, 1.165) is 0 Å². The molecule has 0 N–H and O–H groups in total. The standard InChI is InChI=1S/C13H9NO2/c1-2-5-10-11(8-14)9-6-3-4-7-12(9)16-13(10)15/h2-4,6-7H,1,5H2. The molecule has 1 aromatic carbocycles. The molecule has 78 valence electrons. The number of benzene rings is 1. The molecule has 0 aliphatic carbocycles. The summed E-state index contributed by atoms with van der Waals surface area (Å²) < 4.78 is 5.13. The van der Waals surface area contributed by atoms with Crippen LogP contribution in [0, 0.1) is 11.3 Å². The maximum absolute atomic E-state index is 11.6. The van der Waals surface area contributed by atoms with Crippen molar-refractivity contribution in [3.05, 3.63) is 58.5 Å². The quantitative estimate of drug-likeness (QED) is 0.566. The molecule has 3 heteroatoms. The van der Waals surface area contributed by atoms with E-state index in [-0.39, 0.29) is 0 Å². The number of nitrogens with zero attached hydrogens (tertiary/aromatic N) is 1. The molecular formula is C13H9NO2. The van der Waals surface area contributed by atoms with Crippen LogP contribution in [0.3, 0.4) is 0 Å². The van der Waals surface area contributed by atoms with Gasteiger partial charge in [0.25, 0.3) is 0 Å². The van der Waals surface area contributed by atoms with Crippen molar-refractivity contribution in [3.63, 3.8) is 0 Å². The Bertz CT molecular complexity index is 647. The molecule has 1 aromatic heterocycles. The first kappa shape index (κ1) is 10.2. The number of rotatable bonds is 2. The van der Waals surface area contributed by atoms with Gasteiger partial charge in [-0.2, -0.15) is 5.26 Å². The van der Waals surface area contributed by atoms with Crippen molar-refractivity contribution in [2.24, 2.45) is 0 Å². The fourth-order valence-electron chi connectivity index (χ4n) is 1.65. The third-order valence-corrected chi connectivity index (χ3v) is 2.37. The summed E-state index contributed by atoms with van der Waals surface area (Å²) in [5.41, 5.74) is 0.731. The first-order valence-corrected chi connectivity index (χ1v) is 4.83. The van der Waals surface area contributed by atoms with E-state index in [2.05, 4.69) is 12.6 Å². The summed E-state index contributed by atoms with van der Waals surface area (Å²) in [4.78, 5) is 11.6. The normalized spacial score (nSPS) is 9.94. The van der Waals surface area contributed by atoms with E-state index in [9.17, 15) is 4.79 Å². The number of hydrogen-bond donors (Lipinski definition) is 0. The number of allylic oxidation sites excluding steroid dienone is 1. The summed E-state index contributed by atoms with van der Waals surface area (Å²) in [7, 11) is 0. The molecule has 3 nitrogen and oxygen atoms in total. The highest BCUT2D eigenvalue weighted by Gasteiger charge is 2.12. The van der Waals surface area contributed by atoms with Gasteiger partial charge in [-0.25, -0.2) is 4.79 Å². The Morgan fingerprint density at radius 2 is 2.19 bits per heavy atom. The van der Waals surface area contributed by atoms with Gasteiger partial charge in [-0.15, -0.1) is 6.58 Å². The predicted molar refractivity (Wildman–Crippen MR) is 61.1 cm³/mol. The Hall–Kier alpha value is -2.34. The molecule has 0 bridgehead atoms. The summed E-state index contributed by atoms with van der Waals surface area (Å²) in [6.45, 7) is 3.56. The van der Waals surface area contributed by atoms with Crippen LogP contribution in [-0.2, 0) is 6.42 Å². The van der Waals surface area contributed by atoms with E-state index in [4.69, 9.17) is 9.68 Å². The molecule has 2 aromatic rings. The van der Waals surface area contributed by atoms with Gasteiger partial charge >= 0.3 is 5.63 Å². The Morgan fingerprint density at radius 1 is 1.44 bits per heavy atom. The van der Waals surface area contributed by atoms with Crippen molar-refractivity contribution in [1.82, 2.24) is 0 Å². The van der Waals surface area contributed by atoms with E-state index in [0.29, 0.717) is 28.5 Å². The second-order valence-corrected chi connectivity index (χ2v) is 3.34. The van der Waals surface area contributed by atoms with Gasteiger partial charge in [-0.1, -0.05) is 18.2 Å². The largest absolute Gasteiger partial charge is 0.422 e. The minimum absolute atomic E-state index is 0.343. The molecule has 0 atom stereocenters. The maximum atomic E-state index is 11.6. The van der Waals surface area contributed by atoms with Gasteiger partial charge in [-0.05, 0) is 18.6 Å². The molecule has 0 unspecified atom stereocenters. The highest BCUT2D eigenvalue weighted by molar-refractivity contribution is 5.83. The molecule has 1 heterocycles. The van der Waals surface area contributed by atoms with Crippen LogP contribution in [0.1, 0.15) is 11.1 Å². The van der Waals surface area contributed by atoms with Crippen LogP contribution in [0.4, 0.5) is 0 Å². The lowest BCUT2D eigenvalue weighted by atomic mass is 10.0. The van der Waals surface area contributed by atoms with Gasteiger partial charge in [0.05, 0.1) is 11.1 Å². The molecule has 0 saturated heterocycles. The first-order valence-electron chi connectivity index (χ1n) is 4.83. The number of nitriles is 1. The number of hydrogen-bond acceptors (Lipinski definition) is 3. The van der Waals surface area contributed by atoms with Gasteiger partial charge in [0.1, 0.15) is 11.7 Å². The van der Waals surface area contributed by atoms with Gasteiger partial charge in [0, 0.05) is 5.39 Å². The zero-order valence-electron chi connectivity index (χ0n) is 8.56. The summed E-state index contributed by atoms with van der Waals surface area (Å²) >= 11 is 0. The van der Waals surface area contributed by atoms with E-state index in [1.54, 1.807) is 30.3 Å². The topological polar surface area (TPSA) is 54.0 Å². The highest BCUT2D eigenvalue weighted by atomic mass is 16.4. The van der Waals surface area contributed by atoms with Crippen molar-refractivity contribution < 1.29 is 4.42 Å². The van der Waals surface area contributed by atoms with Gasteiger partial charge < -0.3 is 4.42 Å². The predicted octanol–water partition coefficient (Wildman–Crippen LogP) is 2.39. The lowest BCUT2D eigenvalue weighted by Crippen LogP contribution is -2.09. The van der Waals surface area contributed by atoms with Crippen LogP contribution < -0.4 is 5.63 Å². The summed E-state index contributed by atoms with van der Waals surface area (Å²) in [5, 5.41) is 9.77. The van der Waals surface area contributed by atoms with E-state index < -0.39 is 5.63 Å². The molecule has 0 aliphatic rings. The molecule has 16 heavy (non-hydrogen) atoms. The SMILES string of the molecule is C=CCc1c(C#N)c2ccccc2oc1=O. The van der Waals surface area contributed by atoms with Crippen molar-refractivity contribution in [2.45, 2.75) is 6.42 Å². The average molecular weight is 211 g/mol. The van der Waals surface area contributed by atoms with Gasteiger partial charge in [0.15, 0.2) is 0 Å². The van der Waals surface area contributed by atoms with Crippen LogP contribution in [-0.4, -0.2) is 0 Å². The molecule has 0 radical (unpaired) electrons. The van der Waals surface area contributed by atoms with Crippen molar-refractivity contribution in [1.29, 1.82) is 5.26 Å². The van der Waals surface area contributed by atoms with Crippen molar-refractivity contribution >= 4 is 11.0 Å². The minimum atomic E-state index is -0.463. The minimum Gasteiger partial charge on any atom is -0.422 e. The van der Waals surface area contributed by atoms with Crippen LogP contribution in [0.25, 0.3) is 11.0 Å². The Morgan fingerprint density at radius 3 is 2.88 bits per heavy atom. The van der Waals surface area contributed by atoms with E-state index >= 15 is 0 Å². The zero-order valence-corrected chi connectivity index (χ0v) is 8.56. The second kappa shape index (κ2) is 4.03. The third kappa shape index (κ3) is 1.51. The fraction of sp³-hybridized carbons (Fsp3) is 0.0769. The fourth-order valence-corrected chi connectivity index (χ4v) is 1.65. The number of para-hydroxylation sites is 1. The molecular weight excluding hydrogens is 202 g/mol. The molecule has 0 fully saturated rings. The molecule has 0 spiro atoms. The first-order chi connectivity index (χ1) is 7.77. The Labute approximate surface area is 92.2 Å². The van der Waals surface area contributed by atoms with Crippen LogP contribution >= 0.6 is 0 Å². The van der Waals surface area contributed by atoms with Crippen LogP contribution in [0.5, 0.6) is 0 Å². The van der Waals surface area contributed by atoms with E-state index in [1.807, 2.05) is 0 Å². The molecule has 0 amide bonds. The lowest BCUT2D eigenvalue weighted by molar-refractivity contribution is 0.552. The monoisotopic (exact) mass is 211 g/mol. The molecule has 0 aliphatic heterocycles. The van der Waals surface area contributed by atoms with Crippen LogP contribution in [0.15, 0.2) is 46.1 Å². The average Bonchev–Trinajstić information content (AvgIpc) is 2.30. The van der Waals surface area contributed by atoms with Crippen molar-refractivity contribution in [3.8, 4) is 6.07 Å². The zero-order chi connectivity index (χ0) is 11.5. The Balaban J connectivity index is 2.91. The summed E-state index contributed by atoms with van der Waals surface area (Å²) in [6, 6.07) is 9.07. The molecule has 0 saturated carbocycles. The summed E-state index contributed by atoms with van der Waals surface area (Å²) in [5.74, 6) is 0. The Kier molecular flexibility index (Phi) is 2.57. The third-order valence-electron chi connectivity index (χ3n) is 2.37. The maximum Gasteiger partial charge on any atom is 0.341 e. The smallest absolute Gasteiger partial charge is 0.341 e. The van der Waals surface area contributed by atoms with Gasteiger partial charge in [-0.3, -0.25) is 0 Å². The van der Waals surface area contributed by atoms with E-state index in [1.165, 1.54) is 0 Å².